The van der Waals surface area contributed by atoms with Crippen molar-refractivity contribution in [2.75, 3.05) is 13.1 Å². The summed E-state index contributed by atoms with van der Waals surface area (Å²) in [6, 6.07) is 18.0. The topological polar surface area (TPSA) is 64.4 Å². The number of aromatic nitrogens is 2. The Morgan fingerprint density at radius 2 is 1.66 bits per heavy atom. The van der Waals surface area contributed by atoms with Gasteiger partial charge in [-0.3, -0.25) is 4.79 Å². The normalized spacial score (nSPS) is 11.7. The van der Waals surface area contributed by atoms with Crippen LogP contribution in [0.4, 0.5) is 0 Å². The van der Waals surface area contributed by atoms with E-state index in [0.717, 1.165) is 11.4 Å². The first-order chi connectivity index (χ1) is 14.0. The number of hydrogen-bond acceptors (Lipinski definition) is 4. The third-order valence-electron chi connectivity index (χ3n) is 4.81. The third kappa shape index (κ3) is 4.54. The van der Waals surface area contributed by atoms with Gasteiger partial charge in [0.1, 0.15) is 0 Å². The van der Waals surface area contributed by atoms with Crippen LogP contribution < -0.4 is 0 Å². The lowest BCUT2D eigenvalue weighted by Gasteiger charge is -2.25. The molecule has 0 fully saturated rings. The zero-order valence-electron chi connectivity index (χ0n) is 16.9. The van der Waals surface area contributed by atoms with Crippen LogP contribution >= 0.6 is 0 Å². The number of ether oxygens (including phenoxy) is 1. The molecule has 1 amide bonds. The summed E-state index contributed by atoms with van der Waals surface area (Å²) in [5, 5.41) is 4.26. The summed E-state index contributed by atoms with van der Waals surface area (Å²) in [4.78, 5) is 27.4. The fourth-order valence-corrected chi connectivity index (χ4v) is 3.14. The van der Waals surface area contributed by atoms with Gasteiger partial charge in [0.15, 0.2) is 0 Å². The molecule has 0 radical (unpaired) electrons. The Morgan fingerprint density at radius 3 is 2.21 bits per heavy atom. The molecule has 1 heterocycles. The summed E-state index contributed by atoms with van der Waals surface area (Å²) in [5.74, 6) is -0.763. The van der Waals surface area contributed by atoms with Crippen molar-refractivity contribution in [3.63, 3.8) is 0 Å². The van der Waals surface area contributed by atoms with E-state index in [0.29, 0.717) is 24.2 Å². The number of carbonyl (C=O) groups is 2. The van der Waals surface area contributed by atoms with Gasteiger partial charge in [-0.15, -0.1) is 0 Å². The van der Waals surface area contributed by atoms with E-state index in [-0.39, 0.29) is 5.91 Å². The van der Waals surface area contributed by atoms with Crippen molar-refractivity contribution < 1.29 is 14.3 Å². The largest absolute Gasteiger partial charge is 0.444 e. The Balaban J connectivity index is 1.83. The molecule has 6 nitrogen and oxygen atoms in total. The maximum Gasteiger partial charge on any atom is 0.339 e. The second kappa shape index (κ2) is 9.19. The molecule has 0 saturated carbocycles. The minimum Gasteiger partial charge on any atom is -0.444 e. The van der Waals surface area contributed by atoms with Gasteiger partial charge in [0.2, 0.25) is 6.10 Å². The highest BCUT2D eigenvalue weighted by Gasteiger charge is 2.28. The average Bonchev–Trinajstić information content (AvgIpc) is 3.19. The second-order valence-electron chi connectivity index (χ2n) is 6.64. The summed E-state index contributed by atoms with van der Waals surface area (Å²) in [6.45, 7) is 6.86. The van der Waals surface area contributed by atoms with Crippen LogP contribution in [0.2, 0.25) is 0 Å². The van der Waals surface area contributed by atoms with Gasteiger partial charge in [0, 0.05) is 30.5 Å². The Bertz CT molecular complexity index is 961. The van der Waals surface area contributed by atoms with E-state index in [9.17, 15) is 9.59 Å². The molecule has 1 aromatic heterocycles. The van der Waals surface area contributed by atoms with Gasteiger partial charge in [0.05, 0.1) is 11.3 Å². The van der Waals surface area contributed by atoms with E-state index in [1.165, 1.54) is 0 Å². The summed E-state index contributed by atoms with van der Waals surface area (Å²) in [5.41, 5.74) is 2.88. The van der Waals surface area contributed by atoms with Crippen molar-refractivity contribution >= 4 is 11.9 Å². The molecule has 2 aromatic carbocycles. The predicted octanol–water partition coefficient (Wildman–Crippen LogP) is 3.95. The Kier molecular flexibility index (Phi) is 6.44. The molecule has 6 heteroatoms. The van der Waals surface area contributed by atoms with Gasteiger partial charge < -0.3 is 9.64 Å². The van der Waals surface area contributed by atoms with Gasteiger partial charge >= 0.3 is 5.97 Å². The van der Waals surface area contributed by atoms with Gasteiger partial charge in [-0.05, 0) is 51.1 Å². The zero-order valence-corrected chi connectivity index (χ0v) is 16.9. The van der Waals surface area contributed by atoms with E-state index in [2.05, 4.69) is 5.10 Å². The van der Waals surface area contributed by atoms with E-state index in [4.69, 9.17) is 4.74 Å². The smallest absolute Gasteiger partial charge is 0.339 e. The molecule has 3 aromatic rings. The average molecular weight is 391 g/mol. The van der Waals surface area contributed by atoms with Crippen LogP contribution in [0.15, 0.2) is 66.9 Å². The fourth-order valence-electron chi connectivity index (χ4n) is 3.14. The second-order valence-corrected chi connectivity index (χ2v) is 6.64. The van der Waals surface area contributed by atoms with Crippen LogP contribution in [0.1, 0.15) is 41.6 Å². The van der Waals surface area contributed by atoms with E-state index in [1.807, 2.05) is 45.0 Å². The highest BCUT2D eigenvalue weighted by atomic mass is 16.5. The number of benzene rings is 2. The van der Waals surface area contributed by atoms with Crippen LogP contribution in [0.25, 0.3) is 5.69 Å². The van der Waals surface area contributed by atoms with Crippen LogP contribution in [-0.4, -0.2) is 39.6 Å². The molecule has 0 saturated heterocycles. The standard InChI is InChI=1S/C23H25N3O3/c1-4-25(5-2)22(27)21(18-9-7-6-8-10-18)29-23(28)19-11-13-20(14-12-19)26-17(3)15-16-24-26/h6-16,21H,4-5H2,1-3H3/t21-/m1/s1. The van der Waals surface area contributed by atoms with Gasteiger partial charge in [0.25, 0.3) is 5.91 Å². The van der Waals surface area contributed by atoms with E-state index >= 15 is 0 Å². The molecule has 150 valence electrons. The number of esters is 1. The Hall–Kier alpha value is -3.41. The molecular formula is C23H25N3O3. The SMILES string of the molecule is CCN(CC)C(=O)[C@H](OC(=O)c1ccc(-n2nccc2C)cc1)c1ccccc1. The molecule has 0 spiro atoms. The number of rotatable bonds is 7. The van der Waals surface area contributed by atoms with Crippen molar-refractivity contribution in [3.05, 3.63) is 83.7 Å². The van der Waals surface area contributed by atoms with Crippen molar-refractivity contribution in [1.29, 1.82) is 0 Å². The summed E-state index contributed by atoms with van der Waals surface area (Å²) in [6.07, 6.45) is 0.748. The van der Waals surface area contributed by atoms with Crippen LogP contribution in [-0.2, 0) is 9.53 Å². The summed E-state index contributed by atoms with van der Waals surface area (Å²) >= 11 is 0. The monoisotopic (exact) mass is 391 g/mol. The molecule has 0 N–H and O–H groups in total. The summed E-state index contributed by atoms with van der Waals surface area (Å²) < 4.78 is 7.45. The first-order valence-corrected chi connectivity index (χ1v) is 9.71. The lowest BCUT2D eigenvalue weighted by atomic mass is 10.1. The number of carbonyl (C=O) groups excluding carboxylic acids is 2. The van der Waals surface area contributed by atoms with Crippen molar-refractivity contribution in [1.82, 2.24) is 14.7 Å². The highest BCUT2D eigenvalue weighted by molar-refractivity contribution is 5.93. The van der Waals surface area contributed by atoms with Gasteiger partial charge in [-0.1, -0.05) is 30.3 Å². The number of aryl methyl sites for hydroxylation is 1. The summed E-state index contributed by atoms with van der Waals surface area (Å²) in [7, 11) is 0. The minimum absolute atomic E-state index is 0.224. The van der Waals surface area contributed by atoms with Crippen LogP contribution in [0, 0.1) is 6.92 Å². The molecule has 0 aliphatic rings. The molecule has 0 aliphatic heterocycles. The fraction of sp³-hybridized carbons (Fsp3) is 0.261. The number of amides is 1. The minimum atomic E-state index is -0.975. The molecular weight excluding hydrogens is 366 g/mol. The van der Waals surface area contributed by atoms with Crippen molar-refractivity contribution in [3.8, 4) is 5.69 Å². The highest BCUT2D eigenvalue weighted by Crippen LogP contribution is 2.22. The first kappa shape index (κ1) is 20.3. The maximum atomic E-state index is 13.0. The molecule has 1 atom stereocenters. The van der Waals surface area contributed by atoms with Crippen molar-refractivity contribution in [2.45, 2.75) is 26.9 Å². The number of nitrogens with zero attached hydrogens (tertiary/aromatic N) is 3. The molecule has 0 unspecified atom stereocenters. The quantitative estimate of drug-likeness (QED) is 0.572. The van der Waals surface area contributed by atoms with Gasteiger partial charge in [-0.25, -0.2) is 9.48 Å². The number of likely N-dealkylation sites (N-methyl/N-ethyl adjacent to an activating group) is 1. The zero-order chi connectivity index (χ0) is 20.8. The molecule has 0 aliphatic carbocycles. The maximum absolute atomic E-state index is 13.0. The lowest BCUT2D eigenvalue weighted by Crippen LogP contribution is -2.36. The van der Waals surface area contributed by atoms with Crippen LogP contribution in [0.5, 0.6) is 0 Å². The third-order valence-corrected chi connectivity index (χ3v) is 4.81. The van der Waals surface area contributed by atoms with Crippen LogP contribution in [0.3, 0.4) is 0 Å². The predicted molar refractivity (Wildman–Crippen MR) is 111 cm³/mol. The Morgan fingerprint density at radius 1 is 1.00 bits per heavy atom. The van der Waals surface area contributed by atoms with E-state index < -0.39 is 12.1 Å². The molecule has 29 heavy (non-hydrogen) atoms. The number of hydrogen-bond donors (Lipinski definition) is 0. The lowest BCUT2D eigenvalue weighted by molar-refractivity contribution is -0.140. The Labute approximate surface area is 170 Å². The molecule has 3 rings (SSSR count). The van der Waals surface area contributed by atoms with Gasteiger partial charge in [-0.2, -0.15) is 5.10 Å². The molecule has 0 bridgehead atoms. The first-order valence-electron chi connectivity index (χ1n) is 9.71. The van der Waals surface area contributed by atoms with E-state index in [1.54, 1.807) is 52.2 Å². The van der Waals surface area contributed by atoms with Crippen molar-refractivity contribution in [2.24, 2.45) is 0 Å².